The molecule has 6 nitrogen and oxygen atoms in total. The van der Waals surface area contributed by atoms with Crippen LogP contribution >= 0.6 is 23.2 Å². The van der Waals surface area contributed by atoms with Gasteiger partial charge < -0.3 is 15.4 Å². The number of benzene rings is 1. The van der Waals surface area contributed by atoms with Gasteiger partial charge in [-0.15, -0.1) is 0 Å². The van der Waals surface area contributed by atoms with E-state index in [4.69, 9.17) is 33.7 Å². The fourth-order valence-corrected chi connectivity index (χ4v) is 2.82. The molecule has 1 aliphatic heterocycles. The van der Waals surface area contributed by atoms with Gasteiger partial charge in [-0.2, -0.15) is 0 Å². The highest BCUT2D eigenvalue weighted by Gasteiger charge is 2.22. The van der Waals surface area contributed by atoms with E-state index in [1.807, 2.05) is 0 Å². The van der Waals surface area contributed by atoms with E-state index in [-0.39, 0.29) is 18.5 Å². The van der Waals surface area contributed by atoms with Crippen LogP contribution in [0.2, 0.25) is 10.0 Å². The van der Waals surface area contributed by atoms with Crippen LogP contribution < -0.4 is 10.5 Å². The zero-order chi connectivity index (χ0) is 16.4. The largest absolute Gasteiger partial charge is 0.482 e. The van der Waals surface area contributed by atoms with Crippen molar-refractivity contribution in [3.05, 3.63) is 45.7 Å². The van der Waals surface area contributed by atoms with E-state index in [9.17, 15) is 4.79 Å². The first-order valence-electron chi connectivity index (χ1n) is 6.99. The maximum atomic E-state index is 12.3. The Morgan fingerprint density at radius 2 is 2.22 bits per heavy atom. The van der Waals surface area contributed by atoms with E-state index in [1.54, 1.807) is 29.3 Å². The minimum Gasteiger partial charge on any atom is -0.482 e. The third-order valence-electron chi connectivity index (χ3n) is 3.56. The van der Waals surface area contributed by atoms with Gasteiger partial charge in [0.2, 0.25) is 5.95 Å². The molecule has 0 aliphatic carbocycles. The molecule has 1 aromatic carbocycles. The van der Waals surface area contributed by atoms with Gasteiger partial charge in [-0.3, -0.25) is 4.79 Å². The molecule has 3 rings (SSSR count). The van der Waals surface area contributed by atoms with Crippen molar-refractivity contribution in [3.8, 4) is 5.75 Å². The monoisotopic (exact) mass is 352 g/mol. The lowest BCUT2D eigenvalue weighted by Crippen LogP contribution is -2.39. The standard InChI is InChI=1S/C15H14Cl2N4O2/c16-10-1-2-13(11(17)5-10)23-8-14(22)21-4-3-9-6-19-15(18)20-12(9)7-21/h1-2,5-6H,3-4,7-8H2,(H2,18,19,20). The van der Waals surface area contributed by atoms with Crippen LogP contribution in [-0.4, -0.2) is 33.9 Å². The van der Waals surface area contributed by atoms with E-state index in [1.165, 1.54) is 0 Å². The molecule has 1 aliphatic rings. The van der Waals surface area contributed by atoms with Crippen molar-refractivity contribution in [1.82, 2.24) is 14.9 Å². The molecular weight excluding hydrogens is 339 g/mol. The second-order valence-electron chi connectivity index (χ2n) is 5.13. The number of nitrogen functional groups attached to an aromatic ring is 1. The van der Waals surface area contributed by atoms with Crippen LogP contribution in [0.15, 0.2) is 24.4 Å². The summed E-state index contributed by atoms with van der Waals surface area (Å²) in [6.07, 6.45) is 2.41. The number of hydrogen-bond acceptors (Lipinski definition) is 5. The summed E-state index contributed by atoms with van der Waals surface area (Å²) in [6.45, 7) is 0.896. The Bertz CT molecular complexity index is 754. The fourth-order valence-electron chi connectivity index (χ4n) is 2.35. The minimum absolute atomic E-state index is 0.0999. The van der Waals surface area contributed by atoms with E-state index in [0.29, 0.717) is 35.3 Å². The Balaban J connectivity index is 1.63. The second kappa shape index (κ2) is 6.60. The summed E-state index contributed by atoms with van der Waals surface area (Å²) < 4.78 is 5.48. The van der Waals surface area contributed by atoms with E-state index >= 15 is 0 Å². The zero-order valence-corrected chi connectivity index (χ0v) is 13.6. The molecule has 0 saturated carbocycles. The van der Waals surface area contributed by atoms with Crippen molar-refractivity contribution in [3.63, 3.8) is 0 Å². The van der Waals surface area contributed by atoms with Crippen LogP contribution in [0.4, 0.5) is 5.95 Å². The van der Waals surface area contributed by atoms with Gasteiger partial charge in [-0.1, -0.05) is 23.2 Å². The van der Waals surface area contributed by atoms with Crippen LogP contribution in [0.25, 0.3) is 0 Å². The number of ether oxygens (including phenoxy) is 1. The van der Waals surface area contributed by atoms with Gasteiger partial charge in [0.1, 0.15) is 5.75 Å². The summed E-state index contributed by atoms with van der Waals surface area (Å²) in [4.78, 5) is 22.1. The quantitative estimate of drug-likeness (QED) is 0.916. The lowest BCUT2D eigenvalue weighted by Gasteiger charge is -2.27. The summed E-state index contributed by atoms with van der Waals surface area (Å²) >= 11 is 11.8. The fraction of sp³-hybridized carbons (Fsp3) is 0.267. The molecule has 0 spiro atoms. The Morgan fingerprint density at radius 1 is 1.39 bits per heavy atom. The predicted molar refractivity (Wildman–Crippen MR) is 87.5 cm³/mol. The second-order valence-corrected chi connectivity index (χ2v) is 5.97. The number of fused-ring (bicyclic) bond motifs is 1. The zero-order valence-electron chi connectivity index (χ0n) is 12.1. The van der Waals surface area contributed by atoms with Gasteiger partial charge in [0.15, 0.2) is 6.61 Å². The van der Waals surface area contributed by atoms with Crippen LogP contribution in [0, 0.1) is 0 Å². The molecule has 0 radical (unpaired) electrons. The van der Waals surface area contributed by atoms with Crippen molar-refractivity contribution in [2.24, 2.45) is 0 Å². The van der Waals surface area contributed by atoms with Gasteiger partial charge in [-0.25, -0.2) is 9.97 Å². The first kappa shape index (κ1) is 15.8. The average Bonchev–Trinajstić information content (AvgIpc) is 2.53. The molecule has 2 aromatic rings. The van der Waals surface area contributed by atoms with Gasteiger partial charge in [-0.05, 0) is 30.2 Å². The number of nitrogens with zero attached hydrogens (tertiary/aromatic N) is 3. The van der Waals surface area contributed by atoms with Crippen molar-refractivity contribution >= 4 is 35.1 Å². The highest BCUT2D eigenvalue weighted by molar-refractivity contribution is 6.35. The molecule has 2 heterocycles. The highest BCUT2D eigenvalue weighted by atomic mass is 35.5. The number of anilines is 1. The van der Waals surface area contributed by atoms with Gasteiger partial charge in [0.25, 0.3) is 5.91 Å². The molecule has 0 bridgehead atoms. The Labute approximate surface area is 143 Å². The first-order chi connectivity index (χ1) is 11.0. The molecule has 23 heavy (non-hydrogen) atoms. The normalized spacial score (nSPS) is 13.6. The Kier molecular flexibility index (Phi) is 4.54. The number of rotatable bonds is 3. The van der Waals surface area contributed by atoms with Crippen LogP contribution in [-0.2, 0) is 17.8 Å². The lowest BCUT2D eigenvalue weighted by atomic mass is 10.1. The summed E-state index contributed by atoms with van der Waals surface area (Å²) in [6, 6.07) is 4.86. The van der Waals surface area contributed by atoms with E-state index in [2.05, 4.69) is 9.97 Å². The number of halogens is 2. The van der Waals surface area contributed by atoms with Gasteiger partial charge in [0.05, 0.1) is 17.3 Å². The summed E-state index contributed by atoms with van der Waals surface area (Å²) in [5.41, 5.74) is 7.39. The molecular formula is C15H14Cl2N4O2. The number of hydrogen-bond donors (Lipinski definition) is 1. The maximum absolute atomic E-state index is 12.3. The van der Waals surface area contributed by atoms with Crippen LogP contribution in [0.5, 0.6) is 5.75 Å². The van der Waals surface area contributed by atoms with E-state index < -0.39 is 0 Å². The van der Waals surface area contributed by atoms with Crippen molar-refractivity contribution in [2.75, 3.05) is 18.9 Å². The predicted octanol–water partition coefficient (Wildman–Crippen LogP) is 2.33. The molecule has 0 saturated heterocycles. The third-order valence-corrected chi connectivity index (χ3v) is 4.09. The van der Waals surface area contributed by atoms with E-state index in [0.717, 1.165) is 11.3 Å². The van der Waals surface area contributed by atoms with Crippen molar-refractivity contribution < 1.29 is 9.53 Å². The Morgan fingerprint density at radius 3 is 3.00 bits per heavy atom. The lowest BCUT2D eigenvalue weighted by molar-refractivity contribution is -0.134. The molecule has 2 N–H and O–H groups in total. The highest BCUT2D eigenvalue weighted by Crippen LogP contribution is 2.27. The van der Waals surface area contributed by atoms with Crippen molar-refractivity contribution in [1.29, 1.82) is 0 Å². The molecule has 120 valence electrons. The van der Waals surface area contributed by atoms with Crippen LogP contribution in [0.3, 0.4) is 0 Å². The van der Waals surface area contributed by atoms with Crippen molar-refractivity contribution in [2.45, 2.75) is 13.0 Å². The molecule has 0 fully saturated rings. The summed E-state index contributed by atoms with van der Waals surface area (Å²) in [5, 5.41) is 0.883. The Hall–Kier alpha value is -2.05. The number of amides is 1. The number of carbonyl (C=O) groups is 1. The minimum atomic E-state index is -0.140. The average molecular weight is 353 g/mol. The van der Waals surface area contributed by atoms with Crippen LogP contribution in [0.1, 0.15) is 11.3 Å². The third kappa shape index (κ3) is 3.65. The SMILES string of the molecule is Nc1ncc2c(n1)CN(C(=O)COc1ccc(Cl)cc1Cl)CC2. The molecule has 0 atom stereocenters. The maximum Gasteiger partial charge on any atom is 0.260 e. The first-order valence-corrected chi connectivity index (χ1v) is 7.74. The summed E-state index contributed by atoms with van der Waals surface area (Å²) in [5.74, 6) is 0.495. The summed E-state index contributed by atoms with van der Waals surface area (Å²) in [7, 11) is 0. The van der Waals surface area contributed by atoms with Gasteiger partial charge in [0, 0.05) is 17.8 Å². The number of carbonyl (C=O) groups excluding carboxylic acids is 1. The number of nitrogens with two attached hydrogens (primary N) is 1. The topological polar surface area (TPSA) is 81.3 Å². The molecule has 8 heteroatoms. The number of aromatic nitrogens is 2. The molecule has 1 amide bonds. The molecule has 1 aromatic heterocycles. The van der Waals surface area contributed by atoms with Gasteiger partial charge >= 0.3 is 0 Å². The molecule has 0 unspecified atom stereocenters. The smallest absolute Gasteiger partial charge is 0.260 e.